The van der Waals surface area contributed by atoms with Crippen molar-refractivity contribution >= 4 is 15.7 Å². The summed E-state index contributed by atoms with van der Waals surface area (Å²) >= 11 is 0. The van der Waals surface area contributed by atoms with Gasteiger partial charge in [0.25, 0.3) is 0 Å². The predicted octanol–water partition coefficient (Wildman–Crippen LogP) is 2.16. The third-order valence-electron chi connectivity index (χ3n) is 3.16. The number of carbonyl (C=O) groups excluding carboxylic acids is 1. The van der Waals surface area contributed by atoms with Crippen LogP contribution in [0.1, 0.15) is 32.6 Å². The molecule has 0 aliphatic carbocycles. The molecule has 0 aromatic heterocycles. The number of hydroxylamine groups is 1. The van der Waals surface area contributed by atoms with Crippen LogP contribution in [0, 0.1) is 5.92 Å². The van der Waals surface area contributed by atoms with Crippen LogP contribution < -0.4 is 5.48 Å². The third kappa shape index (κ3) is 4.94. The first kappa shape index (κ1) is 16.7. The summed E-state index contributed by atoms with van der Waals surface area (Å²) < 4.78 is 24.5. The van der Waals surface area contributed by atoms with E-state index in [0.717, 1.165) is 19.3 Å². The van der Waals surface area contributed by atoms with Crippen molar-refractivity contribution in [1.29, 1.82) is 0 Å². The van der Waals surface area contributed by atoms with Gasteiger partial charge in [0.2, 0.25) is 5.91 Å². The molecule has 0 heterocycles. The number of unbranched alkanes of at least 4 members (excludes halogenated alkanes) is 2. The zero-order chi connectivity index (χ0) is 15.0. The third-order valence-corrected chi connectivity index (χ3v) is 4.99. The van der Waals surface area contributed by atoms with Crippen LogP contribution in [0.15, 0.2) is 35.2 Å². The van der Waals surface area contributed by atoms with Crippen molar-refractivity contribution in [3.63, 3.8) is 0 Å². The first-order valence-electron chi connectivity index (χ1n) is 6.73. The molecule has 0 radical (unpaired) electrons. The van der Waals surface area contributed by atoms with Crippen molar-refractivity contribution < 1.29 is 18.4 Å². The Bertz CT molecular complexity index is 513. The van der Waals surface area contributed by atoms with E-state index >= 15 is 0 Å². The van der Waals surface area contributed by atoms with E-state index in [1.807, 2.05) is 6.92 Å². The van der Waals surface area contributed by atoms with Crippen LogP contribution in [0.4, 0.5) is 0 Å². The number of benzene rings is 1. The lowest BCUT2D eigenvalue weighted by Crippen LogP contribution is -2.33. The second-order valence-corrected chi connectivity index (χ2v) is 6.80. The quantitative estimate of drug-likeness (QED) is 0.438. The molecule has 0 spiro atoms. The van der Waals surface area contributed by atoms with Crippen molar-refractivity contribution in [2.45, 2.75) is 37.5 Å². The topological polar surface area (TPSA) is 83.5 Å². The van der Waals surface area contributed by atoms with Crippen LogP contribution >= 0.6 is 0 Å². The van der Waals surface area contributed by atoms with E-state index in [4.69, 9.17) is 5.21 Å². The maximum Gasteiger partial charge on any atom is 0.247 e. The smallest absolute Gasteiger partial charge is 0.247 e. The normalized spacial score (nSPS) is 12.9. The Morgan fingerprint density at radius 2 is 1.90 bits per heavy atom. The van der Waals surface area contributed by atoms with E-state index in [-0.39, 0.29) is 10.6 Å². The van der Waals surface area contributed by atoms with Gasteiger partial charge in [0.05, 0.1) is 16.6 Å². The fraction of sp³-hybridized carbons (Fsp3) is 0.500. The van der Waals surface area contributed by atoms with Gasteiger partial charge in [-0.1, -0.05) is 44.4 Å². The average Bonchev–Trinajstić information content (AvgIpc) is 2.46. The second-order valence-electron chi connectivity index (χ2n) is 4.76. The largest absolute Gasteiger partial charge is 0.289 e. The van der Waals surface area contributed by atoms with Gasteiger partial charge in [-0.15, -0.1) is 0 Å². The zero-order valence-corrected chi connectivity index (χ0v) is 12.4. The molecule has 20 heavy (non-hydrogen) atoms. The fourth-order valence-electron chi connectivity index (χ4n) is 2.01. The maximum absolute atomic E-state index is 12.2. The molecule has 0 fully saturated rings. The van der Waals surface area contributed by atoms with Crippen LogP contribution in [-0.2, 0) is 14.6 Å². The standard InChI is InChI=1S/C14H21NO4S/c1-2-3-5-8-12(14(16)15-17)11-20(18,19)13-9-6-4-7-10-13/h4,6-7,9-10,12,17H,2-3,5,8,11H2,1H3,(H,15,16). The Balaban J connectivity index is 2.80. The second kappa shape index (κ2) is 8.01. The molecule has 5 nitrogen and oxygen atoms in total. The van der Waals surface area contributed by atoms with Crippen molar-refractivity contribution in [3.8, 4) is 0 Å². The van der Waals surface area contributed by atoms with Crippen molar-refractivity contribution in [3.05, 3.63) is 30.3 Å². The number of sulfone groups is 1. The monoisotopic (exact) mass is 299 g/mol. The summed E-state index contributed by atoms with van der Waals surface area (Å²) in [4.78, 5) is 11.8. The highest BCUT2D eigenvalue weighted by atomic mass is 32.2. The van der Waals surface area contributed by atoms with Crippen LogP contribution in [-0.4, -0.2) is 25.3 Å². The molecule has 0 aliphatic heterocycles. The van der Waals surface area contributed by atoms with Gasteiger partial charge >= 0.3 is 0 Å². The summed E-state index contributed by atoms with van der Waals surface area (Å²) in [5.74, 6) is -1.65. The van der Waals surface area contributed by atoms with E-state index < -0.39 is 21.7 Å². The van der Waals surface area contributed by atoms with Crippen LogP contribution in [0.3, 0.4) is 0 Å². The van der Waals surface area contributed by atoms with Crippen molar-refractivity contribution in [1.82, 2.24) is 5.48 Å². The lowest BCUT2D eigenvalue weighted by Gasteiger charge is -2.15. The molecule has 1 atom stereocenters. The van der Waals surface area contributed by atoms with Gasteiger partial charge in [0, 0.05) is 0 Å². The summed E-state index contributed by atoms with van der Waals surface area (Å²) in [6.07, 6.45) is 3.13. The molecule has 0 saturated carbocycles. The molecular weight excluding hydrogens is 278 g/mol. The highest BCUT2D eigenvalue weighted by Gasteiger charge is 2.26. The predicted molar refractivity (Wildman–Crippen MR) is 76.1 cm³/mol. The van der Waals surface area contributed by atoms with Crippen LogP contribution in [0.25, 0.3) is 0 Å². The van der Waals surface area contributed by atoms with Gasteiger partial charge in [-0.25, -0.2) is 13.9 Å². The summed E-state index contributed by atoms with van der Waals surface area (Å²) in [7, 11) is -3.52. The Hall–Kier alpha value is -1.40. The lowest BCUT2D eigenvalue weighted by atomic mass is 10.0. The molecule has 0 bridgehead atoms. The molecule has 1 unspecified atom stereocenters. The maximum atomic E-state index is 12.2. The highest BCUT2D eigenvalue weighted by molar-refractivity contribution is 7.91. The van der Waals surface area contributed by atoms with Gasteiger partial charge < -0.3 is 0 Å². The van der Waals surface area contributed by atoms with Crippen molar-refractivity contribution in [2.24, 2.45) is 5.92 Å². The number of hydrogen-bond acceptors (Lipinski definition) is 4. The molecule has 0 aliphatic rings. The van der Waals surface area contributed by atoms with E-state index in [9.17, 15) is 13.2 Å². The van der Waals surface area contributed by atoms with Gasteiger partial charge in [0.15, 0.2) is 9.84 Å². The summed E-state index contributed by atoms with van der Waals surface area (Å²) in [6.45, 7) is 2.03. The Kier molecular flexibility index (Phi) is 6.67. The van der Waals surface area contributed by atoms with Gasteiger partial charge in [0.1, 0.15) is 0 Å². The molecule has 0 saturated heterocycles. The number of rotatable bonds is 8. The molecule has 1 rings (SSSR count). The average molecular weight is 299 g/mol. The molecule has 6 heteroatoms. The Morgan fingerprint density at radius 3 is 2.45 bits per heavy atom. The molecule has 1 aromatic rings. The minimum absolute atomic E-state index is 0.200. The molecule has 112 valence electrons. The zero-order valence-electron chi connectivity index (χ0n) is 11.6. The number of amides is 1. The van der Waals surface area contributed by atoms with Crippen LogP contribution in [0.2, 0.25) is 0 Å². The first-order valence-corrected chi connectivity index (χ1v) is 8.38. The Morgan fingerprint density at radius 1 is 1.25 bits per heavy atom. The number of hydrogen-bond donors (Lipinski definition) is 2. The minimum atomic E-state index is -3.52. The van der Waals surface area contributed by atoms with Gasteiger partial charge in [-0.05, 0) is 18.6 Å². The minimum Gasteiger partial charge on any atom is -0.289 e. The molecule has 2 N–H and O–H groups in total. The van der Waals surface area contributed by atoms with E-state index in [0.29, 0.717) is 6.42 Å². The van der Waals surface area contributed by atoms with Gasteiger partial charge in [-0.3, -0.25) is 10.0 Å². The Labute approximate surface area is 119 Å². The summed E-state index contributed by atoms with van der Waals surface area (Å²) in [5.41, 5.74) is 1.56. The van der Waals surface area contributed by atoms with Gasteiger partial charge in [-0.2, -0.15) is 0 Å². The van der Waals surface area contributed by atoms with Crippen molar-refractivity contribution in [2.75, 3.05) is 5.75 Å². The number of carbonyl (C=O) groups is 1. The molecule has 1 aromatic carbocycles. The van der Waals surface area contributed by atoms with E-state index in [2.05, 4.69) is 0 Å². The molecule has 1 amide bonds. The summed E-state index contributed by atoms with van der Waals surface area (Å²) in [5, 5.41) is 8.73. The summed E-state index contributed by atoms with van der Waals surface area (Å²) in [6, 6.07) is 8.04. The SMILES string of the molecule is CCCCCC(CS(=O)(=O)c1ccccc1)C(=O)NO. The highest BCUT2D eigenvalue weighted by Crippen LogP contribution is 2.18. The van der Waals surface area contributed by atoms with E-state index in [1.54, 1.807) is 23.7 Å². The number of nitrogens with one attached hydrogen (secondary N) is 1. The van der Waals surface area contributed by atoms with E-state index in [1.165, 1.54) is 12.1 Å². The fourth-order valence-corrected chi connectivity index (χ4v) is 3.62. The molecular formula is C14H21NO4S. The lowest BCUT2D eigenvalue weighted by molar-refractivity contribution is -0.132. The van der Waals surface area contributed by atoms with Crippen LogP contribution in [0.5, 0.6) is 0 Å². The first-order chi connectivity index (χ1) is 9.51.